The van der Waals surface area contributed by atoms with E-state index < -0.39 is 0 Å². The van der Waals surface area contributed by atoms with Crippen molar-refractivity contribution in [3.05, 3.63) is 18.3 Å². The third kappa shape index (κ3) is 2.06. The smallest absolute Gasteiger partial charge is 0.222 e. The molecule has 6 heteroatoms. The van der Waals surface area contributed by atoms with Crippen LogP contribution in [0.4, 0.5) is 11.5 Å². The third-order valence-corrected chi connectivity index (χ3v) is 2.85. The van der Waals surface area contributed by atoms with Crippen molar-refractivity contribution in [1.82, 2.24) is 4.98 Å². The van der Waals surface area contributed by atoms with E-state index >= 15 is 0 Å². The Hall–Kier alpha value is -1.82. The van der Waals surface area contributed by atoms with Gasteiger partial charge < -0.3 is 16.1 Å². The van der Waals surface area contributed by atoms with E-state index in [2.05, 4.69) is 15.3 Å². The molecule has 1 atom stereocenters. The minimum Gasteiger partial charge on any atom is -0.371 e. The molecule has 1 fully saturated rings. The molecule has 1 unspecified atom stereocenters. The van der Waals surface area contributed by atoms with Gasteiger partial charge >= 0.3 is 0 Å². The zero-order chi connectivity index (χ0) is 11.5. The Morgan fingerprint density at radius 2 is 2.44 bits per heavy atom. The second kappa shape index (κ2) is 4.36. The normalized spacial score (nSPS) is 19.8. The summed E-state index contributed by atoms with van der Waals surface area (Å²) in [7, 11) is 0. The van der Waals surface area contributed by atoms with Crippen molar-refractivity contribution < 1.29 is 4.79 Å². The van der Waals surface area contributed by atoms with Gasteiger partial charge in [-0.2, -0.15) is 0 Å². The number of amides is 1. The predicted molar refractivity (Wildman–Crippen MR) is 61.6 cm³/mol. The highest BCUT2D eigenvalue weighted by atomic mass is 16.1. The maximum atomic E-state index is 11.1. The van der Waals surface area contributed by atoms with Gasteiger partial charge in [0.15, 0.2) is 0 Å². The first-order valence-corrected chi connectivity index (χ1v) is 5.17. The highest BCUT2D eigenvalue weighted by Gasteiger charge is 2.26. The molecule has 6 nitrogen and oxygen atoms in total. The fourth-order valence-corrected chi connectivity index (χ4v) is 1.92. The van der Waals surface area contributed by atoms with Gasteiger partial charge in [-0.1, -0.05) is 0 Å². The highest BCUT2D eigenvalue weighted by molar-refractivity contribution is 5.78. The van der Waals surface area contributed by atoms with Crippen molar-refractivity contribution in [1.29, 1.82) is 0 Å². The van der Waals surface area contributed by atoms with Crippen LogP contribution >= 0.6 is 0 Å². The topological polar surface area (TPSA) is 97.3 Å². The van der Waals surface area contributed by atoms with E-state index in [-0.39, 0.29) is 11.8 Å². The molecule has 1 aromatic rings. The van der Waals surface area contributed by atoms with Crippen LogP contribution < -0.4 is 21.9 Å². The van der Waals surface area contributed by atoms with Crippen LogP contribution in [-0.2, 0) is 4.79 Å². The lowest BCUT2D eigenvalue weighted by molar-refractivity contribution is -0.121. The molecule has 0 aliphatic carbocycles. The quantitative estimate of drug-likeness (QED) is 0.480. The van der Waals surface area contributed by atoms with Crippen molar-refractivity contribution in [3.63, 3.8) is 0 Å². The number of nitrogens with one attached hydrogen (secondary N) is 1. The summed E-state index contributed by atoms with van der Waals surface area (Å²) in [5.41, 5.74) is 8.79. The van der Waals surface area contributed by atoms with Gasteiger partial charge in [-0.3, -0.25) is 4.79 Å². The zero-order valence-electron chi connectivity index (χ0n) is 8.89. The Bertz CT molecular complexity index is 395. The summed E-state index contributed by atoms with van der Waals surface area (Å²) in [6, 6.07) is 3.74. The molecule has 1 aliphatic rings. The average Bonchev–Trinajstić information content (AvgIpc) is 2.78. The molecule has 1 aromatic heterocycles. The van der Waals surface area contributed by atoms with Crippen LogP contribution in [0, 0.1) is 5.92 Å². The largest absolute Gasteiger partial charge is 0.371 e. The minimum absolute atomic E-state index is 0.0533. The Kier molecular flexibility index (Phi) is 2.91. The fourth-order valence-electron chi connectivity index (χ4n) is 1.92. The lowest BCUT2D eigenvalue weighted by atomic mass is 10.1. The highest BCUT2D eigenvalue weighted by Crippen LogP contribution is 2.24. The van der Waals surface area contributed by atoms with E-state index in [0.29, 0.717) is 12.4 Å². The lowest BCUT2D eigenvalue weighted by Gasteiger charge is -2.18. The number of anilines is 2. The minimum atomic E-state index is -0.228. The molecule has 16 heavy (non-hydrogen) atoms. The fraction of sp³-hybridized carbons (Fsp3) is 0.400. The first kappa shape index (κ1) is 10.7. The summed E-state index contributed by atoms with van der Waals surface area (Å²) in [6.07, 6.45) is 2.49. The Morgan fingerprint density at radius 1 is 1.62 bits per heavy atom. The van der Waals surface area contributed by atoms with Crippen LogP contribution in [0.2, 0.25) is 0 Å². The molecule has 2 heterocycles. The van der Waals surface area contributed by atoms with Gasteiger partial charge in [0.25, 0.3) is 0 Å². The summed E-state index contributed by atoms with van der Waals surface area (Å²) >= 11 is 0. The number of primary amides is 1. The summed E-state index contributed by atoms with van der Waals surface area (Å²) in [6.45, 7) is 1.50. The van der Waals surface area contributed by atoms with E-state index in [1.807, 2.05) is 12.1 Å². The van der Waals surface area contributed by atoms with E-state index in [1.165, 1.54) is 0 Å². The maximum Gasteiger partial charge on any atom is 0.222 e. The third-order valence-electron chi connectivity index (χ3n) is 2.85. The van der Waals surface area contributed by atoms with Crippen molar-refractivity contribution in [2.75, 3.05) is 23.4 Å². The number of aromatic nitrogens is 1. The average molecular weight is 221 g/mol. The SMILES string of the molecule is NNc1cc(N2CCC(C(N)=O)C2)ccn1. The second-order valence-electron chi connectivity index (χ2n) is 3.88. The Morgan fingerprint density at radius 3 is 3.06 bits per heavy atom. The lowest BCUT2D eigenvalue weighted by Crippen LogP contribution is -2.27. The second-order valence-corrected chi connectivity index (χ2v) is 3.88. The number of nitrogen functional groups attached to an aromatic ring is 1. The number of nitrogens with two attached hydrogens (primary N) is 2. The van der Waals surface area contributed by atoms with E-state index in [0.717, 1.165) is 18.7 Å². The van der Waals surface area contributed by atoms with Crippen molar-refractivity contribution >= 4 is 17.4 Å². The molecule has 0 saturated carbocycles. The maximum absolute atomic E-state index is 11.1. The standard InChI is InChI=1S/C10H15N5O/c11-10(16)7-2-4-15(6-7)8-1-3-13-9(5-8)14-12/h1,3,5,7H,2,4,6,12H2,(H2,11,16)(H,13,14). The van der Waals surface area contributed by atoms with Crippen molar-refractivity contribution in [2.45, 2.75) is 6.42 Å². The summed E-state index contributed by atoms with van der Waals surface area (Å²) in [5.74, 6) is 5.62. The van der Waals surface area contributed by atoms with E-state index in [1.54, 1.807) is 6.20 Å². The number of hydrogen-bond donors (Lipinski definition) is 3. The van der Waals surface area contributed by atoms with E-state index in [4.69, 9.17) is 11.6 Å². The molecule has 1 amide bonds. The van der Waals surface area contributed by atoms with Gasteiger partial charge in [0, 0.05) is 31.0 Å². The van der Waals surface area contributed by atoms with Crippen molar-refractivity contribution in [2.24, 2.45) is 17.5 Å². The molecule has 0 bridgehead atoms. The van der Waals surface area contributed by atoms with Gasteiger partial charge in [0.1, 0.15) is 5.82 Å². The van der Waals surface area contributed by atoms with Gasteiger partial charge in [0.2, 0.25) is 5.91 Å². The first-order chi connectivity index (χ1) is 7.70. The molecule has 0 radical (unpaired) electrons. The van der Waals surface area contributed by atoms with Crippen LogP contribution in [0.5, 0.6) is 0 Å². The Labute approximate surface area is 93.6 Å². The molecule has 2 rings (SSSR count). The molecular formula is C10H15N5O. The summed E-state index contributed by atoms with van der Waals surface area (Å²) < 4.78 is 0. The number of hydrazine groups is 1. The monoisotopic (exact) mass is 221 g/mol. The van der Waals surface area contributed by atoms with Gasteiger partial charge in [-0.15, -0.1) is 0 Å². The van der Waals surface area contributed by atoms with Crippen LogP contribution in [0.1, 0.15) is 6.42 Å². The number of carbonyl (C=O) groups excluding carboxylic acids is 1. The van der Waals surface area contributed by atoms with E-state index in [9.17, 15) is 4.79 Å². The number of nitrogens with zero attached hydrogens (tertiary/aromatic N) is 2. The molecule has 1 saturated heterocycles. The first-order valence-electron chi connectivity index (χ1n) is 5.17. The zero-order valence-corrected chi connectivity index (χ0v) is 8.89. The molecule has 86 valence electrons. The molecule has 0 spiro atoms. The van der Waals surface area contributed by atoms with Gasteiger partial charge in [-0.25, -0.2) is 10.8 Å². The molecule has 1 aliphatic heterocycles. The number of carbonyl (C=O) groups is 1. The molecule has 5 N–H and O–H groups in total. The number of hydrogen-bond acceptors (Lipinski definition) is 5. The number of pyridine rings is 1. The number of rotatable bonds is 3. The molecule has 0 aromatic carbocycles. The van der Waals surface area contributed by atoms with Gasteiger partial charge in [-0.05, 0) is 12.5 Å². The summed E-state index contributed by atoms with van der Waals surface area (Å²) in [4.78, 5) is 17.2. The van der Waals surface area contributed by atoms with Crippen LogP contribution in [0.25, 0.3) is 0 Å². The van der Waals surface area contributed by atoms with Crippen LogP contribution in [0.15, 0.2) is 18.3 Å². The van der Waals surface area contributed by atoms with Crippen molar-refractivity contribution in [3.8, 4) is 0 Å². The van der Waals surface area contributed by atoms with Crippen LogP contribution in [-0.4, -0.2) is 24.0 Å². The molecular weight excluding hydrogens is 206 g/mol. The van der Waals surface area contributed by atoms with Gasteiger partial charge in [0.05, 0.1) is 5.92 Å². The Balaban J connectivity index is 2.11. The van der Waals surface area contributed by atoms with Crippen LogP contribution in [0.3, 0.4) is 0 Å². The summed E-state index contributed by atoms with van der Waals surface area (Å²) in [5, 5.41) is 0. The predicted octanol–water partition coefficient (Wildman–Crippen LogP) is -0.321.